The van der Waals surface area contributed by atoms with Gasteiger partial charge in [0.25, 0.3) is 0 Å². The van der Waals surface area contributed by atoms with Crippen LogP contribution in [-0.2, 0) is 10.2 Å². The highest BCUT2D eigenvalue weighted by molar-refractivity contribution is 7.81. The highest BCUT2D eigenvalue weighted by atomic mass is 32.1. The van der Waals surface area contributed by atoms with Crippen molar-refractivity contribution in [3.8, 4) is 11.5 Å². The summed E-state index contributed by atoms with van der Waals surface area (Å²) in [5, 5.41) is 9.52. The number of carbonyl (C=O) groups excluding carboxylic acids is 1. The van der Waals surface area contributed by atoms with Gasteiger partial charge in [-0.15, -0.1) is 0 Å². The molecule has 146 valence electrons. The van der Waals surface area contributed by atoms with Crippen LogP contribution in [0.1, 0.15) is 25.0 Å². The van der Waals surface area contributed by atoms with Crippen molar-refractivity contribution in [1.82, 2.24) is 0 Å². The fraction of sp³-hybridized carbons (Fsp3) is 0.381. The Balaban J connectivity index is 2.05. The lowest BCUT2D eigenvalue weighted by atomic mass is 9.78. The lowest BCUT2D eigenvalue weighted by Crippen LogP contribution is -2.20. The van der Waals surface area contributed by atoms with Crippen molar-refractivity contribution in [2.45, 2.75) is 25.4 Å². The molecule has 1 N–H and O–H groups in total. The number of ether oxygens (including phenoxy) is 2. The highest BCUT2D eigenvalue weighted by Crippen LogP contribution is 2.33. The average molecular weight is 407 g/mol. The first-order valence-electron chi connectivity index (χ1n) is 8.75. The molecule has 0 fully saturated rings. The number of hydrogen-bond acceptors (Lipinski definition) is 6. The van der Waals surface area contributed by atoms with E-state index in [0.29, 0.717) is 17.3 Å². The fourth-order valence-electron chi connectivity index (χ4n) is 2.56. The molecular weight excluding hydrogens is 380 g/mol. The first-order chi connectivity index (χ1) is 12.9. The maximum atomic E-state index is 11.3. The van der Waals surface area contributed by atoms with Gasteiger partial charge in [-0.1, -0.05) is 38.1 Å². The summed E-state index contributed by atoms with van der Waals surface area (Å²) in [4.78, 5) is 11.3. The number of ketones is 1. The summed E-state index contributed by atoms with van der Waals surface area (Å²) in [6.45, 7) is 4.56. The molecule has 6 heteroatoms. The molecule has 0 saturated carbocycles. The molecule has 0 aliphatic rings. The molecule has 0 aromatic heterocycles. The van der Waals surface area contributed by atoms with Crippen LogP contribution in [0.2, 0.25) is 0 Å². The smallest absolute Gasteiger partial charge is 0.179 e. The van der Waals surface area contributed by atoms with Crippen LogP contribution in [0.3, 0.4) is 0 Å². The maximum absolute atomic E-state index is 11.3. The monoisotopic (exact) mass is 406 g/mol. The molecule has 2 rings (SSSR count). The molecule has 0 bridgehead atoms. The van der Waals surface area contributed by atoms with Crippen LogP contribution in [0.5, 0.6) is 11.5 Å². The van der Waals surface area contributed by atoms with E-state index in [1.807, 2.05) is 48.5 Å². The second kappa shape index (κ2) is 10.1. The average Bonchev–Trinajstić information content (AvgIpc) is 2.70. The zero-order valence-electron chi connectivity index (χ0n) is 15.6. The van der Waals surface area contributed by atoms with Gasteiger partial charge in [0.05, 0.1) is 11.9 Å². The first-order valence-corrected chi connectivity index (χ1v) is 10.0. The van der Waals surface area contributed by atoms with E-state index in [1.54, 1.807) is 0 Å². The van der Waals surface area contributed by atoms with E-state index in [9.17, 15) is 9.90 Å². The summed E-state index contributed by atoms with van der Waals surface area (Å²) < 4.78 is 11.0. The largest absolute Gasteiger partial charge is 0.491 e. The highest BCUT2D eigenvalue weighted by Gasteiger charge is 2.23. The lowest BCUT2D eigenvalue weighted by Gasteiger charge is -2.26. The van der Waals surface area contributed by atoms with Gasteiger partial charge in [0, 0.05) is 11.2 Å². The molecule has 1 atom stereocenters. The van der Waals surface area contributed by atoms with E-state index in [0.717, 1.165) is 11.1 Å². The van der Waals surface area contributed by atoms with Gasteiger partial charge in [-0.25, -0.2) is 0 Å². The summed E-state index contributed by atoms with van der Waals surface area (Å²) in [6, 6.07) is 15.6. The normalized spacial score (nSPS) is 12.5. The topological polar surface area (TPSA) is 55.8 Å². The summed E-state index contributed by atoms with van der Waals surface area (Å²) in [5.41, 5.74) is 2.07. The van der Waals surface area contributed by atoms with Crippen molar-refractivity contribution in [3.05, 3.63) is 59.7 Å². The van der Waals surface area contributed by atoms with E-state index in [-0.39, 0.29) is 30.2 Å². The molecule has 2 aromatic rings. The Morgan fingerprint density at radius 3 is 1.89 bits per heavy atom. The Labute approximate surface area is 171 Å². The second-order valence-corrected chi connectivity index (χ2v) is 7.49. The Morgan fingerprint density at radius 1 is 0.963 bits per heavy atom. The third-order valence-corrected chi connectivity index (χ3v) is 5.16. The van der Waals surface area contributed by atoms with Gasteiger partial charge in [0.15, 0.2) is 5.78 Å². The van der Waals surface area contributed by atoms with Crippen LogP contribution in [0.4, 0.5) is 0 Å². The third kappa shape index (κ3) is 6.19. The Bertz CT molecular complexity index is 727. The van der Waals surface area contributed by atoms with Crippen LogP contribution >= 0.6 is 25.3 Å². The van der Waals surface area contributed by atoms with Gasteiger partial charge in [-0.05, 0) is 35.4 Å². The van der Waals surface area contributed by atoms with Gasteiger partial charge >= 0.3 is 0 Å². The maximum Gasteiger partial charge on any atom is 0.179 e. The molecule has 0 saturated heterocycles. The molecule has 2 aromatic carbocycles. The molecule has 27 heavy (non-hydrogen) atoms. The molecule has 0 amide bonds. The Morgan fingerprint density at radius 2 is 1.44 bits per heavy atom. The molecular formula is C21H26O4S2. The SMILES string of the molecule is CC(C)(c1ccc(OCC(=O)CS)cc1)c1ccc(OCC(O)CS)cc1. The second-order valence-electron chi connectivity index (χ2n) is 6.81. The first kappa shape index (κ1) is 21.7. The number of rotatable bonds is 10. The molecule has 0 heterocycles. The minimum absolute atomic E-state index is 0.0373. The van der Waals surface area contributed by atoms with Crippen molar-refractivity contribution in [1.29, 1.82) is 0 Å². The third-order valence-electron chi connectivity index (χ3n) is 4.38. The zero-order chi connectivity index (χ0) is 19.9. The van der Waals surface area contributed by atoms with Gasteiger partial charge in [-0.2, -0.15) is 25.3 Å². The Hall–Kier alpha value is -1.63. The summed E-state index contributed by atoms with van der Waals surface area (Å²) in [7, 11) is 0. The molecule has 0 radical (unpaired) electrons. The number of thiol groups is 2. The standard InChI is InChI=1S/C21H26O4S2/c1-21(2,15-3-7-19(8-4-15)24-11-17(22)13-26)16-5-9-20(10-6-16)25-12-18(23)14-27/h3-10,17,22,26-27H,11-14H2,1-2H3. The fourth-order valence-corrected chi connectivity index (χ4v) is 2.75. The minimum atomic E-state index is -0.576. The molecule has 1 unspecified atom stereocenters. The quantitative estimate of drug-likeness (QED) is 0.528. The van der Waals surface area contributed by atoms with E-state index < -0.39 is 6.10 Å². The molecule has 0 aliphatic carbocycles. The molecule has 0 aliphatic heterocycles. The number of aliphatic hydroxyl groups is 1. The van der Waals surface area contributed by atoms with E-state index in [4.69, 9.17) is 9.47 Å². The van der Waals surface area contributed by atoms with Crippen molar-refractivity contribution in [2.75, 3.05) is 24.7 Å². The number of carbonyl (C=O) groups is 1. The van der Waals surface area contributed by atoms with Crippen molar-refractivity contribution >= 4 is 31.0 Å². The van der Waals surface area contributed by atoms with Gasteiger partial charge in [0.1, 0.15) is 24.7 Å². The van der Waals surface area contributed by atoms with Crippen LogP contribution in [0.25, 0.3) is 0 Å². The zero-order valence-corrected chi connectivity index (χ0v) is 17.4. The predicted molar refractivity (Wildman–Crippen MR) is 115 cm³/mol. The Kier molecular flexibility index (Phi) is 8.07. The summed E-state index contributed by atoms with van der Waals surface area (Å²) in [6.07, 6.45) is -0.576. The summed E-state index contributed by atoms with van der Waals surface area (Å²) >= 11 is 7.97. The molecule has 4 nitrogen and oxygen atoms in total. The van der Waals surface area contributed by atoms with E-state index in [1.165, 1.54) is 0 Å². The van der Waals surface area contributed by atoms with Crippen LogP contribution in [0.15, 0.2) is 48.5 Å². The van der Waals surface area contributed by atoms with Gasteiger partial charge in [-0.3, -0.25) is 4.79 Å². The number of Topliss-reactive ketones (excluding diaryl/α,β-unsaturated/α-hetero) is 1. The van der Waals surface area contributed by atoms with Crippen LogP contribution < -0.4 is 9.47 Å². The number of aliphatic hydroxyl groups excluding tert-OH is 1. The van der Waals surface area contributed by atoms with Crippen molar-refractivity contribution in [3.63, 3.8) is 0 Å². The number of benzene rings is 2. The lowest BCUT2D eigenvalue weighted by molar-refractivity contribution is -0.118. The number of hydrogen-bond donors (Lipinski definition) is 3. The van der Waals surface area contributed by atoms with Gasteiger partial charge in [0.2, 0.25) is 0 Å². The van der Waals surface area contributed by atoms with Gasteiger partial charge < -0.3 is 14.6 Å². The predicted octanol–water partition coefficient (Wildman–Crippen LogP) is 3.56. The van der Waals surface area contributed by atoms with E-state index >= 15 is 0 Å². The van der Waals surface area contributed by atoms with Crippen molar-refractivity contribution in [2.24, 2.45) is 0 Å². The molecule has 0 spiro atoms. The summed E-state index contributed by atoms with van der Waals surface area (Å²) in [5.74, 6) is 1.88. The van der Waals surface area contributed by atoms with Crippen LogP contribution in [-0.4, -0.2) is 41.7 Å². The van der Waals surface area contributed by atoms with Crippen molar-refractivity contribution < 1.29 is 19.4 Å². The van der Waals surface area contributed by atoms with E-state index in [2.05, 4.69) is 39.1 Å². The van der Waals surface area contributed by atoms with Crippen LogP contribution in [0, 0.1) is 0 Å². The minimum Gasteiger partial charge on any atom is -0.491 e.